The Hall–Kier alpha value is -0.820. The van der Waals surface area contributed by atoms with Crippen LogP contribution < -0.4 is 10.6 Å². The molecule has 2 N–H and O–H groups in total. The third kappa shape index (κ3) is 2.85. The number of halogens is 1. The van der Waals surface area contributed by atoms with Crippen LogP contribution in [0.15, 0.2) is 4.99 Å². The van der Waals surface area contributed by atoms with E-state index < -0.39 is 17.7 Å². The standard InChI is InChI=1S/C7H8BrN3O2S/c8-1-2-9-3-4-5(12)10-7(14)11-6(4)13/h3-4H,1-2H2,(H2,10,11,12,13,14). The average Bonchev–Trinajstić information content (AvgIpc) is 2.09. The normalized spacial score (nSPS) is 18.5. The van der Waals surface area contributed by atoms with Gasteiger partial charge in [-0.2, -0.15) is 0 Å². The molecule has 0 saturated carbocycles. The second-order valence-electron chi connectivity index (χ2n) is 2.53. The van der Waals surface area contributed by atoms with Gasteiger partial charge in [0.15, 0.2) is 11.0 Å². The van der Waals surface area contributed by atoms with Gasteiger partial charge >= 0.3 is 0 Å². The molecule has 1 fully saturated rings. The number of alkyl halides is 1. The minimum absolute atomic E-state index is 0.0464. The first-order chi connectivity index (χ1) is 6.65. The molecule has 1 rings (SSSR count). The molecule has 0 spiro atoms. The summed E-state index contributed by atoms with van der Waals surface area (Å²) in [5.74, 6) is -1.74. The number of hydrogen-bond donors (Lipinski definition) is 2. The van der Waals surface area contributed by atoms with E-state index >= 15 is 0 Å². The van der Waals surface area contributed by atoms with Crippen molar-refractivity contribution in [3.63, 3.8) is 0 Å². The summed E-state index contributed by atoms with van der Waals surface area (Å²) in [6.07, 6.45) is 1.33. The third-order valence-electron chi connectivity index (χ3n) is 1.51. The van der Waals surface area contributed by atoms with E-state index in [1.165, 1.54) is 6.21 Å². The predicted octanol–water partition coefficient (Wildman–Crippen LogP) is -0.401. The van der Waals surface area contributed by atoms with E-state index in [1.807, 2.05) is 0 Å². The maximum absolute atomic E-state index is 11.2. The van der Waals surface area contributed by atoms with Crippen molar-refractivity contribution in [2.45, 2.75) is 0 Å². The predicted molar refractivity (Wildman–Crippen MR) is 59.5 cm³/mol. The zero-order valence-electron chi connectivity index (χ0n) is 7.12. The van der Waals surface area contributed by atoms with Crippen LogP contribution in [0, 0.1) is 5.92 Å². The van der Waals surface area contributed by atoms with Gasteiger partial charge in [-0.15, -0.1) is 0 Å². The van der Waals surface area contributed by atoms with Gasteiger partial charge in [0.2, 0.25) is 11.8 Å². The molecule has 0 aromatic rings. The maximum atomic E-state index is 11.2. The Labute approximate surface area is 94.5 Å². The number of aliphatic imine (C=N–C) groups is 1. The highest BCUT2D eigenvalue weighted by Crippen LogP contribution is 1.99. The Morgan fingerprint density at radius 1 is 1.43 bits per heavy atom. The lowest BCUT2D eigenvalue weighted by Gasteiger charge is -2.19. The fourth-order valence-corrected chi connectivity index (χ4v) is 1.30. The zero-order valence-corrected chi connectivity index (χ0v) is 9.52. The topological polar surface area (TPSA) is 70.6 Å². The van der Waals surface area contributed by atoms with Gasteiger partial charge in [0.1, 0.15) is 0 Å². The van der Waals surface area contributed by atoms with Crippen LogP contribution in [0.3, 0.4) is 0 Å². The van der Waals surface area contributed by atoms with Crippen LogP contribution in [0.1, 0.15) is 0 Å². The minimum atomic E-state index is -0.874. The van der Waals surface area contributed by atoms with Gasteiger partial charge in [0.05, 0.1) is 0 Å². The van der Waals surface area contributed by atoms with Crippen molar-refractivity contribution in [1.82, 2.24) is 10.6 Å². The lowest BCUT2D eigenvalue weighted by atomic mass is 10.1. The maximum Gasteiger partial charge on any atom is 0.244 e. The molecule has 5 nitrogen and oxygen atoms in total. The van der Waals surface area contributed by atoms with Gasteiger partial charge in [-0.3, -0.25) is 14.6 Å². The molecule has 1 aliphatic heterocycles. The number of amides is 2. The van der Waals surface area contributed by atoms with E-state index in [9.17, 15) is 9.59 Å². The zero-order chi connectivity index (χ0) is 10.6. The average molecular weight is 278 g/mol. The Kier molecular flexibility index (Phi) is 4.15. The summed E-state index contributed by atoms with van der Waals surface area (Å²) < 4.78 is 0. The quantitative estimate of drug-likeness (QED) is 0.319. The Bertz CT molecular complexity index is 285. The number of rotatable bonds is 3. The first-order valence-electron chi connectivity index (χ1n) is 3.86. The first kappa shape index (κ1) is 11.3. The van der Waals surface area contributed by atoms with Gasteiger partial charge in [0.25, 0.3) is 0 Å². The summed E-state index contributed by atoms with van der Waals surface area (Å²) in [4.78, 5) is 26.4. The number of nitrogens with zero attached hydrogens (tertiary/aromatic N) is 1. The van der Waals surface area contributed by atoms with Gasteiger partial charge in [0, 0.05) is 18.1 Å². The summed E-state index contributed by atoms with van der Waals surface area (Å²) in [5.41, 5.74) is 0. The molecule has 1 aliphatic rings. The fraction of sp³-hybridized carbons (Fsp3) is 0.429. The van der Waals surface area contributed by atoms with E-state index in [0.717, 1.165) is 0 Å². The molecule has 1 heterocycles. The van der Waals surface area contributed by atoms with Crippen molar-refractivity contribution in [2.75, 3.05) is 11.9 Å². The monoisotopic (exact) mass is 277 g/mol. The molecule has 1 saturated heterocycles. The Balaban J connectivity index is 2.63. The van der Waals surface area contributed by atoms with Crippen LogP contribution in [-0.2, 0) is 9.59 Å². The molecule has 0 bridgehead atoms. The molecule has 0 aromatic heterocycles. The van der Waals surface area contributed by atoms with Crippen molar-refractivity contribution in [3.05, 3.63) is 0 Å². The van der Waals surface area contributed by atoms with Crippen molar-refractivity contribution in [3.8, 4) is 0 Å². The lowest BCUT2D eigenvalue weighted by molar-refractivity contribution is -0.131. The molecule has 0 atom stereocenters. The fourth-order valence-electron chi connectivity index (χ4n) is 0.894. The van der Waals surface area contributed by atoms with Gasteiger partial charge < -0.3 is 10.6 Å². The van der Waals surface area contributed by atoms with Crippen molar-refractivity contribution < 1.29 is 9.59 Å². The minimum Gasteiger partial charge on any atom is -0.302 e. The van der Waals surface area contributed by atoms with Crippen LogP contribution in [0.5, 0.6) is 0 Å². The third-order valence-corrected chi connectivity index (χ3v) is 2.07. The van der Waals surface area contributed by atoms with Crippen LogP contribution in [-0.4, -0.2) is 35.0 Å². The molecular formula is C7H8BrN3O2S. The molecule has 0 radical (unpaired) electrons. The summed E-state index contributed by atoms with van der Waals surface area (Å²) in [7, 11) is 0. The van der Waals surface area contributed by atoms with Gasteiger partial charge in [-0.1, -0.05) is 15.9 Å². The van der Waals surface area contributed by atoms with E-state index in [-0.39, 0.29) is 5.11 Å². The van der Waals surface area contributed by atoms with Crippen molar-refractivity contribution in [2.24, 2.45) is 10.9 Å². The molecule has 0 aliphatic carbocycles. The highest BCUT2D eigenvalue weighted by atomic mass is 79.9. The highest BCUT2D eigenvalue weighted by Gasteiger charge is 2.30. The molecule has 2 amide bonds. The van der Waals surface area contributed by atoms with Crippen LogP contribution in [0.4, 0.5) is 0 Å². The summed E-state index contributed by atoms with van der Waals surface area (Å²) in [6, 6.07) is 0. The number of carbonyl (C=O) groups excluding carboxylic acids is 2. The summed E-state index contributed by atoms with van der Waals surface area (Å²) in [5, 5.41) is 5.43. The highest BCUT2D eigenvalue weighted by molar-refractivity contribution is 9.09. The van der Waals surface area contributed by atoms with E-state index in [0.29, 0.717) is 11.9 Å². The lowest BCUT2D eigenvalue weighted by Crippen LogP contribution is -2.56. The molecule has 14 heavy (non-hydrogen) atoms. The van der Waals surface area contributed by atoms with E-state index in [2.05, 4.69) is 43.8 Å². The molecule has 7 heteroatoms. The number of nitrogens with one attached hydrogen (secondary N) is 2. The first-order valence-corrected chi connectivity index (χ1v) is 5.39. The molecular weight excluding hydrogens is 270 g/mol. The van der Waals surface area contributed by atoms with Crippen LogP contribution in [0.2, 0.25) is 0 Å². The smallest absolute Gasteiger partial charge is 0.244 e. The summed E-state index contributed by atoms with van der Waals surface area (Å²) >= 11 is 7.81. The number of thiocarbonyl (C=S) groups is 1. The van der Waals surface area contributed by atoms with Crippen LogP contribution in [0.25, 0.3) is 0 Å². The van der Waals surface area contributed by atoms with Gasteiger partial charge in [-0.25, -0.2) is 0 Å². The Morgan fingerprint density at radius 3 is 2.50 bits per heavy atom. The largest absolute Gasteiger partial charge is 0.302 e. The molecule has 0 aromatic carbocycles. The molecule has 0 unspecified atom stereocenters. The van der Waals surface area contributed by atoms with E-state index in [1.54, 1.807) is 0 Å². The van der Waals surface area contributed by atoms with E-state index in [4.69, 9.17) is 0 Å². The second-order valence-corrected chi connectivity index (χ2v) is 3.73. The number of carbonyl (C=O) groups is 2. The van der Waals surface area contributed by atoms with Crippen LogP contribution >= 0.6 is 28.1 Å². The molecule has 76 valence electrons. The van der Waals surface area contributed by atoms with Crippen molar-refractivity contribution >= 4 is 51.3 Å². The summed E-state index contributed by atoms with van der Waals surface area (Å²) in [6.45, 7) is 0.529. The second kappa shape index (κ2) is 5.16. The Morgan fingerprint density at radius 2 is 2.00 bits per heavy atom. The van der Waals surface area contributed by atoms with Gasteiger partial charge in [-0.05, 0) is 12.2 Å². The number of hydrogen-bond acceptors (Lipinski definition) is 4. The SMILES string of the molecule is O=C1NC(=S)NC(=O)C1C=NCCBr. The van der Waals surface area contributed by atoms with Crippen molar-refractivity contribution in [1.29, 1.82) is 0 Å².